The van der Waals surface area contributed by atoms with Crippen molar-refractivity contribution < 1.29 is 19.1 Å². The molecule has 0 fully saturated rings. The van der Waals surface area contributed by atoms with Gasteiger partial charge in [-0.05, 0) is 25.7 Å². The molecule has 0 aliphatic carbocycles. The zero-order valence-corrected chi connectivity index (χ0v) is 49.9. The molecule has 0 aromatic carbocycles. The van der Waals surface area contributed by atoms with Crippen LogP contribution in [0.4, 0.5) is 0 Å². The molecular weight excluding hydrogens is 881 g/mol. The van der Waals surface area contributed by atoms with Gasteiger partial charge in [-0.2, -0.15) is 0 Å². The van der Waals surface area contributed by atoms with Gasteiger partial charge in [0.1, 0.15) is 0 Å². The highest BCUT2D eigenvalue weighted by Gasteiger charge is 2.06. The molecule has 0 saturated carbocycles. The Kier molecular flexibility index (Phi) is 65.1. The SMILES string of the molecule is CCCCCCCCCCCCCCCCCCCCCCCCCCCCCCOC(=O)CCCCCCC(=O)OCCCCCCCCCCCCCCCCCCCCCCCCCCCCCC. The van der Waals surface area contributed by atoms with Crippen molar-refractivity contribution in [1.82, 2.24) is 0 Å². The van der Waals surface area contributed by atoms with Crippen molar-refractivity contribution in [1.29, 1.82) is 0 Å². The minimum absolute atomic E-state index is 0.0550. The Morgan fingerprint density at radius 3 is 0.458 bits per heavy atom. The fourth-order valence-electron chi connectivity index (χ4n) is 11.0. The van der Waals surface area contributed by atoms with Gasteiger partial charge in [-0.15, -0.1) is 0 Å². The van der Waals surface area contributed by atoms with Gasteiger partial charge in [-0.1, -0.05) is 373 Å². The topological polar surface area (TPSA) is 52.6 Å². The Morgan fingerprint density at radius 2 is 0.306 bits per heavy atom. The molecule has 0 amide bonds. The van der Waals surface area contributed by atoms with Gasteiger partial charge in [-0.25, -0.2) is 0 Å². The van der Waals surface area contributed by atoms with E-state index >= 15 is 0 Å². The summed E-state index contributed by atoms with van der Waals surface area (Å²) >= 11 is 0. The van der Waals surface area contributed by atoms with Gasteiger partial charge in [0.2, 0.25) is 0 Å². The third-order valence-corrected chi connectivity index (χ3v) is 16.0. The van der Waals surface area contributed by atoms with Crippen LogP contribution in [0.3, 0.4) is 0 Å². The highest BCUT2D eigenvalue weighted by molar-refractivity contribution is 5.69. The largest absolute Gasteiger partial charge is 0.466 e. The first-order valence-corrected chi connectivity index (χ1v) is 34.0. The molecule has 0 spiro atoms. The number of hydrogen-bond donors (Lipinski definition) is 0. The van der Waals surface area contributed by atoms with Crippen LogP contribution in [0.1, 0.15) is 412 Å². The molecule has 0 aliphatic heterocycles. The van der Waals surface area contributed by atoms with Gasteiger partial charge < -0.3 is 9.47 Å². The Bertz CT molecular complexity index is 917. The predicted molar refractivity (Wildman–Crippen MR) is 320 cm³/mol. The van der Waals surface area contributed by atoms with Crippen LogP contribution in [0.25, 0.3) is 0 Å². The van der Waals surface area contributed by atoms with E-state index in [0.717, 1.165) is 38.5 Å². The van der Waals surface area contributed by atoms with E-state index < -0.39 is 0 Å². The summed E-state index contributed by atoms with van der Waals surface area (Å²) in [5, 5.41) is 0. The second-order valence-corrected chi connectivity index (χ2v) is 23.4. The van der Waals surface area contributed by atoms with E-state index in [1.807, 2.05) is 0 Å². The summed E-state index contributed by atoms with van der Waals surface area (Å²) in [5.41, 5.74) is 0. The van der Waals surface area contributed by atoms with E-state index in [1.54, 1.807) is 0 Å². The molecule has 0 rings (SSSR count). The lowest BCUT2D eigenvalue weighted by molar-refractivity contribution is -0.145. The summed E-state index contributed by atoms with van der Waals surface area (Å²) in [6.45, 7) is 5.75. The maximum absolute atomic E-state index is 12.1. The first kappa shape index (κ1) is 70.9. The quantitative estimate of drug-likeness (QED) is 0.0450. The molecule has 0 atom stereocenters. The lowest BCUT2D eigenvalue weighted by atomic mass is 10.0. The number of unbranched alkanes of at least 4 members (excludes halogenated alkanes) is 57. The third kappa shape index (κ3) is 65.1. The molecule has 0 bridgehead atoms. The van der Waals surface area contributed by atoms with Gasteiger partial charge in [0.05, 0.1) is 13.2 Å². The minimum Gasteiger partial charge on any atom is -0.466 e. The molecule has 4 heteroatoms. The van der Waals surface area contributed by atoms with Crippen LogP contribution >= 0.6 is 0 Å². The van der Waals surface area contributed by atoms with Crippen LogP contribution in [0.5, 0.6) is 0 Å². The first-order chi connectivity index (χ1) is 35.7. The van der Waals surface area contributed by atoms with Crippen molar-refractivity contribution in [3.05, 3.63) is 0 Å². The van der Waals surface area contributed by atoms with Crippen LogP contribution in [-0.4, -0.2) is 25.2 Å². The maximum atomic E-state index is 12.1. The van der Waals surface area contributed by atoms with Crippen LogP contribution in [0, 0.1) is 0 Å². The van der Waals surface area contributed by atoms with Gasteiger partial charge in [-0.3, -0.25) is 9.59 Å². The monoisotopic (exact) mass is 1020 g/mol. The molecule has 0 aromatic heterocycles. The fraction of sp³-hybridized carbons (Fsp3) is 0.971. The number of rotatable bonds is 65. The molecule has 72 heavy (non-hydrogen) atoms. The number of carbonyl (C=O) groups is 2. The number of carbonyl (C=O) groups excluding carboxylic acids is 2. The van der Waals surface area contributed by atoms with Crippen LogP contribution < -0.4 is 0 Å². The van der Waals surface area contributed by atoms with Crippen molar-refractivity contribution in [2.24, 2.45) is 0 Å². The summed E-state index contributed by atoms with van der Waals surface area (Å²) in [7, 11) is 0. The predicted octanol–water partition coefficient (Wildman–Crippen LogP) is 24.3. The smallest absolute Gasteiger partial charge is 0.305 e. The van der Waals surface area contributed by atoms with Gasteiger partial charge in [0, 0.05) is 12.8 Å². The highest BCUT2D eigenvalue weighted by atomic mass is 16.5. The van der Waals surface area contributed by atoms with Gasteiger partial charge in [0.15, 0.2) is 0 Å². The molecule has 0 aromatic rings. The Hall–Kier alpha value is -1.06. The van der Waals surface area contributed by atoms with E-state index in [0.29, 0.717) is 26.1 Å². The number of esters is 2. The highest BCUT2D eigenvalue weighted by Crippen LogP contribution is 2.19. The van der Waals surface area contributed by atoms with Crippen molar-refractivity contribution in [2.75, 3.05) is 13.2 Å². The van der Waals surface area contributed by atoms with E-state index in [-0.39, 0.29) is 11.9 Å². The molecule has 0 heterocycles. The normalized spacial score (nSPS) is 11.5. The van der Waals surface area contributed by atoms with E-state index in [2.05, 4.69) is 13.8 Å². The molecule has 0 N–H and O–H groups in total. The zero-order chi connectivity index (χ0) is 51.8. The van der Waals surface area contributed by atoms with Crippen molar-refractivity contribution >= 4 is 11.9 Å². The Morgan fingerprint density at radius 1 is 0.181 bits per heavy atom. The van der Waals surface area contributed by atoms with Gasteiger partial charge in [0.25, 0.3) is 0 Å². The summed E-state index contributed by atoms with van der Waals surface area (Å²) in [4.78, 5) is 24.3. The summed E-state index contributed by atoms with van der Waals surface area (Å²) in [5.74, 6) is -0.110. The average molecular weight is 1020 g/mol. The Balaban J connectivity index is 3.21. The molecule has 430 valence electrons. The number of hydrogen-bond acceptors (Lipinski definition) is 4. The van der Waals surface area contributed by atoms with Crippen LogP contribution in [0.15, 0.2) is 0 Å². The van der Waals surface area contributed by atoms with Crippen LogP contribution in [-0.2, 0) is 19.1 Å². The van der Waals surface area contributed by atoms with E-state index in [1.165, 1.54) is 347 Å². The number of ether oxygens (including phenoxy) is 2. The first-order valence-electron chi connectivity index (χ1n) is 34.0. The summed E-state index contributed by atoms with van der Waals surface area (Å²) in [6.07, 6.45) is 83.5. The second kappa shape index (κ2) is 66.1. The van der Waals surface area contributed by atoms with Crippen molar-refractivity contribution in [3.63, 3.8) is 0 Å². The minimum atomic E-state index is -0.0550. The van der Waals surface area contributed by atoms with Crippen molar-refractivity contribution in [3.8, 4) is 0 Å². The molecule has 4 nitrogen and oxygen atoms in total. The lowest BCUT2D eigenvalue weighted by Gasteiger charge is -2.06. The molecule has 0 saturated heterocycles. The van der Waals surface area contributed by atoms with Crippen molar-refractivity contribution in [2.45, 2.75) is 412 Å². The van der Waals surface area contributed by atoms with E-state index in [9.17, 15) is 9.59 Å². The average Bonchev–Trinajstić information content (AvgIpc) is 3.38. The maximum Gasteiger partial charge on any atom is 0.305 e. The lowest BCUT2D eigenvalue weighted by Crippen LogP contribution is -2.06. The van der Waals surface area contributed by atoms with Crippen LogP contribution in [0.2, 0.25) is 0 Å². The second-order valence-electron chi connectivity index (χ2n) is 23.4. The summed E-state index contributed by atoms with van der Waals surface area (Å²) < 4.78 is 11.0. The zero-order valence-electron chi connectivity index (χ0n) is 49.9. The third-order valence-electron chi connectivity index (χ3n) is 16.0. The molecule has 0 aliphatic rings. The molecular formula is C68H134O4. The van der Waals surface area contributed by atoms with Gasteiger partial charge >= 0.3 is 11.9 Å². The standard InChI is InChI=1S/C68H134O4/c1-3-5-7-9-11-13-15-17-19-21-23-25-27-29-31-33-35-37-39-41-43-45-47-49-51-53-57-61-65-71-67(69)63-59-55-56-60-64-68(70)72-66-62-58-54-52-50-48-46-44-42-40-38-36-34-32-30-28-26-24-22-20-18-16-14-12-10-8-6-4-2/h3-66H2,1-2H3. The fourth-order valence-corrected chi connectivity index (χ4v) is 11.0. The van der Waals surface area contributed by atoms with E-state index in [4.69, 9.17) is 9.47 Å². The Labute approximate surface area is 454 Å². The molecule has 0 radical (unpaired) electrons. The molecule has 0 unspecified atom stereocenters. The summed E-state index contributed by atoms with van der Waals surface area (Å²) in [6, 6.07) is 0.